The van der Waals surface area contributed by atoms with Gasteiger partial charge in [0.05, 0.1) is 19.1 Å². The van der Waals surface area contributed by atoms with Gasteiger partial charge in [-0.3, -0.25) is 25.2 Å². The van der Waals surface area contributed by atoms with Gasteiger partial charge in [-0.25, -0.2) is 9.59 Å². The molecule has 4 amide bonds. The van der Waals surface area contributed by atoms with Crippen LogP contribution in [0.15, 0.2) is 151 Å². The Labute approximate surface area is 332 Å². The number of alkyl carbamates (subject to hydrolysis) is 2. The van der Waals surface area contributed by atoms with E-state index in [9.17, 15) is 19.2 Å². The second-order valence-electron chi connectivity index (χ2n) is 13.1. The van der Waals surface area contributed by atoms with Crippen LogP contribution in [0.1, 0.15) is 59.5 Å². The number of nitrogens with one attached hydrogen (secondary N) is 4. The number of amides is 4. The van der Waals surface area contributed by atoms with Crippen molar-refractivity contribution >= 4 is 30.0 Å². The number of aliphatic imine (C=N–C) groups is 1. The Bertz CT molecular complexity index is 1950. The van der Waals surface area contributed by atoms with E-state index in [1.54, 1.807) is 7.11 Å². The Balaban J connectivity index is 1.30. The minimum atomic E-state index is -0.959. The van der Waals surface area contributed by atoms with E-state index in [-0.39, 0.29) is 56.4 Å². The molecule has 0 aromatic heterocycles. The van der Waals surface area contributed by atoms with Crippen molar-refractivity contribution in [2.75, 3.05) is 13.7 Å². The van der Waals surface area contributed by atoms with Gasteiger partial charge in [0.15, 0.2) is 0 Å². The molecule has 4 N–H and O–H groups in total. The Morgan fingerprint density at radius 2 is 1.05 bits per heavy atom. The lowest BCUT2D eigenvalue weighted by atomic mass is 9.90. The molecule has 0 unspecified atom stereocenters. The fourth-order valence-electron chi connectivity index (χ4n) is 5.91. The highest BCUT2D eigenvalue weighted by atomic mass is 16.6. The molecule has 0 bridgehead atoms. The molecule has 0 spiro atoms. The number of ether oxygens (including phenoxy) is 3. The van der Waals surface area contributed by atoms with Gasteiger partial charge in [-0.15, -0.1) is 0 Å². The number of hydrogen-bond donors (Lipinski definition) is 4. The summed E-state index contributed by atoms with van der Waals surface area (Å²) >= 11 is 0. The van der Waals surface area contributed by atoms with Crippen LogP contribution in [0, 0.1) is 0 Å². The summed E-state index contributed by atoms with van der Waals surface area (Å²) in [6, 6.07) is 43.0. The second-order valence-corrected chi connectivity index (χ2v) is 13.1. The van der Waals surface area contributed by atoms with Crippen molar-refractivity contribution in [2.24, 2.45) is 4.99 Å². The van der Waals surface area contributed by atoms with Gasteiger partial charge in [0.1, 0.15) is 25.0 Å². The van der Waals surface area contributed by atoms with Crippen molar-refractivity contribution in [3.05, 3.63) is 173 Å². The van der Waals surface area contributed by atoms with Gasteiger partial charge in [0.2, 0.25) is 17.8 Å². The molecule has 5 aromatic rings. The molecule has 0 saturated heterocycles. The summed E-state index contributed by atoms with van der Waals surface area (Å²) in [5, 5.41) is 11.0. The first kappa shape index (κ1) is 41.2. The minimum absolute atomic E-state index is 0.00317. The minimum Gasteiger partial charge on any atom is -0.497 e. The summed E-state index contributed by atoms with van der Waals surface area (Å²) in [5.74, 6) is -0.922. The summed E-state index contributed by atoms with van der Waals surface area (Å²) in [7, 11) is 1.58. The number of hydrogen-bond acceptors (Lipinski definition) is 8. The molecular weight excluding hydrogens is 723 g/mol. The fraction of sp³-hybridized carbons (Fsp3) is 0.222. The van der Waals surface area contributed by atoms with E-state index < -0.39 is 24.1 Å². The van der Waals surface area contributed by atoms with Crippen molar-refractivity contribution < 1.29 is 33.4 Å². The third kappa shape index (κ3) is 13.4. The average Bonchev–Trinajstić information content (AvgIpc) is 3.24. The predicted molar refractivity (Wildman–Crippen MR) is 217 cm³/mol. The highest BCUT2D eigenvalue weighted by Crippen LogP contribution is 2.25. The standard InChI is InChI=1S/C45H47N5O7/c1-32(35-25-27-38(55-2)28-26-35)47-41(51)39(48-42(52)40(36-20-11-5-12-21-36)37-22-13-6-14-23-37)24-15-29-46-43(49-44(53)56-30-33-16-7-3-8-17-33)50-45(54)57-31-34-18-9-4-10-19-34/h3-14,16-23,25-28,32,39-40H,15,24,29-31H2,1-2H3,(H,47,51)(H,48,52)(H2,46,49,50,53,54)/t32-,39-/m1/s1. The third-order valence-electron chi connectivity index (χ3n) is 8.92. The maximum Gasteiger partial charge on any atom is 0.414 e. The molecule has 0 saturated carbocycles. The summed E-state index contributed by atoms with van der Waals surface area (Å²) in [6.45, 7) is 1.91. The Hall–Kier alpha value is -6.95. The molecule has 0 aliphatic carbocycles. The van der Waals surface area contributed by atoms with E-state index in [1.807, 2.05) is 153 Å². The largest absolute Gasteiger partial charge is 0.497 e. The Morgan fingerprint density at radius 1 is 0.579 bits per heavy atom. The highest BCUT2D eigenvalue weighted by molar-refractivity contribution is 6.01. The molecule has 0 radical (unpaired) electrons. The van der Waals surface area contributed by atoms with Crippen LogP contribution in [0.25, 0.3) is 0 Å². The van der Waals surface area contributed by atoms with Crippen molar-refractivity contribution in [1.82, 2.24) is 21.3 Å². The van der Waals surface area contributed by atoms with Gasteiger partial charge in [0.25, 0.3) is 0 Å². The zero-order chi connectivity index (χ0) is 40.2. The number of methoxy groups -OCH3 is 1. The van der Waals surface area contributed by atoms with Gasteiger partial charge in [-0.2, -0.15) is 0 Å². The van der Waals surface area contributed by atoms with Crippen molar-refractivity contribution in [3.8, 4) is 5.75 Å². The average molecular weight is 770 g/mol. The number of benzene rings is 5. The van der Waals surface area contributed by atoms with Gasteiger partial charge in [-0.1, -0.05) is 133 Å². The molecule has 5 aromatic carbocycles. The maximum atomic E-state index is 14.1. The third-order valence-corrected chi connectivity index (χ3v) is 8.92. The molecule has 57 heavy (non-hydrogen) atoms. The van der Waals surface area contributed by atoms with Crippen LogP contribution in [-0.4, -0.2) is 49.7 Å². The van der Waals surface area contributed by atoms with Crippen LogP contribution in [0.5, 0.6) is 5.75 Å². The topological polar surface area (TPSA) is 156 Å². The summed E-state index contributed by atoms with van der Waals surface area (Å²) in [6.07, 6.45) is -1.23. The smallest absolute Gasteiger partial charge is 0.414 e. The van der Waals surface area contributed by atoms with Gasteiger partial charge in [0, 0.05) is 6.54 Å². The molecule has 0 heterocycles. The fourth-order valence-corrected chi connectivity index (χ4v) is 5.91. The molecule has 12 heteroatoms. The van der Waals surface area contributed by atoms with Gasteiger partial charge in [-0.05, 0) is 59.7 Å². The maximum absolute atomic E-state index is 14.1. The number of guanidine groups is 1. The zero-order valence-corrected chi connectivity index (χ0v) is 31.9. The van der Waals surface area contributed by atoms with Crippen molar-refractivity contribution in [1.29, 1.82) is 0 Å². The van der Waals surface area contributed by atoms with Crippen LogP contribution in [0.3, 0.4) is 0 Å². The number of nitrogens with zero attached hydrogens (tertiary/aromatic N) is 1. The molecular formula is C45H47N5O7. The molecule has 5 rings (SSSR count). The van der Waals surface area contributed by atoms with E-state index in [1.165, 1.54) is 0 Å². The van der Waals surface area contributed by atoms with Crippen molar-refractivity contribution in [2.45, 2.75) is 51.0 Å². The predicted octanol–water partition coefficient (Wildman–Crippen LogP) is 7.18. The summed E-state index contributed by atoms with van der Waals surface area (Å²) in [4.78, 5) is 58.1. The monoisotopic (exact) mass is 769 g/mol. The van der Waals surface area contributed by atoms with E-state index in [0.717, 1.165) is 27.8 Å². The van der Waals surface area contributed by atoms with E-state index in [2.05, 4.69) is 26.3 Å². The molecule has 0 aliphatic heterocycles. The van der Waals surface area contributed by atoms with Crippen LogP contribution in [-0.2, 0) is 32.3 Å². The van der Waals surface area contributed by atoms with Crippen molar-refractivity contribution in [3.63, 3.8) is 0 Å². The van der Waals surface area contributed by atoms with Gasteiger partial charge >= 0.3 is 12.2 Å². The lowest BCUT2D eigenvalue weighted by Gasteiger charge is -2.25. The number of carbonyl (C=O) groups excluding carboxylic acids is 4. The van der Waals surface area contributed by atoms with Gasteiger partial charge < -0.3 is 24.8 Å². The normalized spacial score (nSPS) is 11.6. The molecule has 0 fully saturated rings. The number of carbonyl (C=O) groups is 4. The highest BCUT2D eigenvalue weighted by Gasteiger charge is 2.28. The number of rotatable bonds is 16. The lowest BCUT2D eigenvalue weighted by Crippen LogP contribution is -2.48. The van der Waals surface area contributed by atoms with E-state index in [0.29, 0.717) is 5.75 Å². The second kappa shape index (κ2) is 21.8. The van der Waals surface area contributed by atoms with Crippen LogP contribution >= 0.6 is 0 Å². The summed E-state index contributed by atoms with van der Waals surface area (Å²) < 4.78 is 16.0. The first-order valence-electron chi connectivity index (χ1n) is 18.6. The first-order chi connectivity index (χ1) is 27.8. The van der Waals surface area contributed by atoms with Crippen LogP contribution in [0.4, 0.5) is 9.59 Å². The SMILES string of the molecule is COc1ccc([C@@H](C)NC(=O)[C@@H](CCCN=C(NC(=O)OCc2ccccc2)NC(=O)OCc2ccccc2)NC(=O)C(c2ccccc2)c2ccccc2)cc1. The molecule has 294 valence electrons. The first-order valence-corrected chi connectivity index (χ1v) is 18.6. The quantitative estimate of drug-likeness (QED) is 0.0471. The van der Waals surface area contributed by atoms with Crippen LogP contribution < -0.4 is 26.0 Å². The van der Waals surface area contributed by atoms with Crippen LogP contribution in [0.2, 0.25) is 0 Å². The van der Waals surface area contributed by atoms with E-state index in [4.69, 9.17) is 14.2 Å². The lowest BCUT2D eigenvalue weighted by molar-refractivity contribution is -0.129. The Morgan fingerprint density at radius 3 is 1.53 bits per heavy atom. The Kier molecular flexibility index (Phi) is 15.8. The molecule has 0 aliphatic rings. The molecule has 2 atom stereocenters. The molecule has 12 nitrogen and oxygen atoms in total. The zero-order valence-electron chi connectivity index (χ0n) is 31.9. The summed E-state index contributed by atoms with van der Waals surface area (Å²) in [5.41, 5.74) is 3.95. The van der Waals surface area contributed by atoms with E-state index >= 15 is 0 Å².